The van der Waals surface area contributed by atoms with Crippen molar-refractivity contribution in [1.29, 1.82) is 0 Å². The van der Waals surface area contributed by atoms with Gasteiger partial charge in [0.2, 0.25) is 5.91 Å². The molecule has 1 aromatic rings. The first-order valence-electron chi connectivity index (χ1n) is 7.45. The van der Waals surface area contributed by atoms with Gasteiger partial charge in [-0.3, -0.25) is 4.79 Å². The first kappa shape index (κ1) is 16.3. The fourth-order valence-corrected chi connectivity index (χ4v) is 3.09. The van der Waals surface area contributed by atoms with Gasteiger partial charge in [-0.25, -0.2) is 0 Å². The summed E-state index contributed by atoms with van der Waals surface area (Å²) in [7, 11) is 4.25. The normalized spacial score (nSPS) is 17.1. The molecule has 1 aliphatic rings. The van der Waals surface area contributed by atoms with Crippen LogP contribution in [-0.2, 0) is 4.79 Å². The molecular weight excluding hydrogens is 286 g/mol. The summed E-state index contributed by atoms with van der Waals surface area (Å²) >= 11 is 5.82. The van der Waals surface area contributed by atoms with Gasteiger partial charge < -0.3 is 15.5 Å². The van der Waals surface area contributed by atoms with Crippen LogP contribution >= 0.6 is 11.6 Å². The first-order chi connectivity index (χ1) is 10.0. The highest BCUT2D eigenvalue weighted by Crippen LogP contribution is 2.32. The Kier molecular flexibility index (Phi) is 5.62. The molecule has 2 rings (SSSR count). The average Bonchev–Trinajstić information content (AvgIpc) is 2.91. The molecule has 0 unspecified atom stereocenters. The van der Waals surface area contributed by atoms with Crippen molar-refractivity contribution >= 4 is 23.2 Å². The van der Waals surface area contributed by atoms with Crippen LogP contribution in [0, 0.1) is 0 Å². The molecular formula is C16H24ClN3O. The lowest BCUT2D eigenvalue weighted by molar-refractivity contribution is -0.115. The quantitative estimate of drug-likeness (QED) is 0.849. The van der Waals surface area contributed by atoms with Crippen molar-refractivity contribution in [2.24, 2.45) is 0 Å². The summed E-state index contributed by atoms with van der Waals surface area (Å²) in [5.41, 5.74) is 0.981. The summed E-state index contributed by atoms with van der Waals surface area (Å²) in [6.45, 7) is 1.19. The van der Waals surface area contributed by atoms with Crippen LogP contribution in [0.5, 0.6) is 0 Å². The van der Waals surface area contributed by atoms with Crippen LogP contribution in [0.3, 0.4) is 0 Å². The second-order valence-corrected chi connectivity index (χ2v) is 6.42. The van der Waals surface area contributed by atoms with Crippen molar-refractivity contribution in [2.75, 3.05) is 32.5 Å². The third-order valence-electron chi connectivity index (χ3n) is 4.35. The maximum absolute atomic E-state index is 11.9. The largest absolute Gasteiger partial charge is 0.325 e. The van der Waals surface area contributed by atoms with Gasteiger partial charge in [0.05, 0.1) is 6.54 Å². The van der Waals surface area contributed by atoms with Crippen LogP contribution < -0.4 is 10.6 Å². The van der Waals surface area contributed by atoms with Crippen molar-refractivity contribution in [3.8, 4) is 0 Å². The van der Waals surface area contributed by atoms with Crippen molar-refractivity contribution in [3.63, 3.8) is 0 Å². The van der Waals surface area contributed by atoms with Crippen molar-refractivity contribution < 1.29 is 4.79 Å². The van der Waals surface area contributed by atoms with Crippen LogP contribution in [0.15, 0.2) is 24.3 Å². The monoisotopic (exact) mass is 309 g/mol. The van der Waals surface area contributed by atoms with Crippen LogP contribution in [-0.4, -0.2) is 43.5 Å². The molecule has 0 aliphatic heterocycles. The molecule has 5 heteroatoms. The van der Waals surface area contributed by atoms with Gasteiger partial charge >= 0.3 is 0 Å². The Morgan fingerprint density at radius 1 is 1.24 bits per heavy atom. The molecule has 0 aromatic heterocycles. The topological polar surface area (TPSA) is 44.4 Å². The molecule has 0 atom stereocenters. The van der Waals surface area contributed by atoms with Gasteiger partial charge in [-0.05, 0) is 51.2 Å². The first-order valence-corrected chi connectivity index (χ1v) is 7.83. The van der Waals surface area contributed by atoms with E-state index in [9.17, 15) is 4.79 Å². The average molecular weight is 310 g/mol. The molecule has 116 valence electrons. The van der Waals surface area contributed by atoms with E-state index in [0.717, 1.165) is 12.2 Å². The number of amides is 1. The van der Waals surface area contributed by atoms with Crippen molar-refractivity contribution in [1.82, 2.24) is 10.2 Å². The van der Waals surface area contributed by atoms with Gasteiger partial charge in [-0.15, -0.1) is 0 Å². The summed E-state index contributed by atoms with van der Waals surface area (Å²) < 4.78 is 0. The number of likely N-dealkylation sites (N-methyl/N-ethyl adjacent to an activating group) is 1. The van der Waals surface area contributed by atoms with Gasteiger partial charge in [0.15, 0.2) is 0 Å². The molecule has 1 aromatic carbocycles. The zero-order valence-corrected chi connectivity index (χ0v) is 13.5. The fourth-order valence-electron chi connectivity index (χ4n) is 2.96. The molecule has 0 radical (unpaired) electrons. The standard InChI is InChI=1S/C16H24ClN3O/c1-20(2)16(9-3-4-10-16)12-18-11-15(21)19-14-7-5-13(17)6-8-14/h5-8,18H,3-4,9-12H2,1-2H3,(H,19,21). The van der Waals surface area contributed by atoms with Gasteiger partial charge in [-0.1, -0.05) is 24.4 Å². The second kappa shape index (κ2) is 7.25. The van der Waals surface area contributed by atoms with Crippen molar-refractivity contribution in [3.05, 3.63) is 29.3 Å². The molecule has 1 aliphatic carbocycles. The highest BCUT2D eigenvalue weighted by atomic mass is 35.5. The predicted octanol–water partition coefficient (Wildman–Crippen LogP) is 2.74. The van der Waals surface area contributed by atoms with Gasteiger partial charge in [0, 0.05) is 22.8 Å². The van der Waals surface area contributed by atoms with Crippen LogP contribution in [0.2, 0.25) is 5.02 Å². The fraction of sp³-hybridized carbons (Fsp3) is 0.562. The minimum absolute atomic E-state index is 0.0239. The van der Waals surface area contributed by atoms with Crippen molar-refractivity contribution in [2.45, 2.75) is 31.2 Å². The van der Waals surface area contributed by atoms with Crippen LogP contribution in [0.1, 0.15) is 25.7 Å². The lowest BCUT2D eigenvalue weighted by atomic mass is 9.96. The Bertz CT molecular complexity index is 467. The molecule has 1 amide bonds. The summed E-state index contributed by atoms with van der Waals surface area (Å²) in [6.07, 6.45) is 4.95. The lowest BCUT2D eigenvalue weighted by Crippen LogP contribution is -2.50. The van der Waals surface area contributed by atoms with E-state index in [2.05, 4.69) is 29.6 Å². The third-order valence-corrected chi connectivity index (χ3v) is 4.60. The van der Waals surface area contributed by atoms with E-state index < -0.39 is 0 Å². The number of carbonyl (C=O) groups is 1. The molecule has 0 saturated heterocycles. The highest BCUT2D eigenvalue weighted by Gasteiger charge is 2.35. The number of rotatable bonds is 6. The van der Waals surface area contributed by atoms with Gasteiger partial charge in [0.25, 0.3) is 0 Å². The molecule has 0 heterocycles. The minimum atomic E-state index is -0.0239. The van der Waals surface area contributed by atoms with E-state index in [4.69, 9.17) is 11.6 Å². The third kappa shape index (κ3) is 4.43. The maximum Gasteiger partial charge on any atom is 0.238 e. The molecule has 21 heavy (non-hydrogen) atoms. The van der Waals surface area contributed by atoms with Gasteiger partial charge in [-0.2, -0.15) is 0 Å². The number of anilines is 1. The van der Waals surface area contributed by atoms with Crippen LogP contribution in [0.25, 0.3) is 0 Å². The molecule has 0 bridgehead atoms. The number of nitrogens with one attached hydrogen (secondary N) is 2. The van der Waals surface area contributed by atoms with Gasteiger partial charge in [0.1, 0.15) is 0 Å². The number of halogens is 1. The Morgan fingerprint density at radius 3 is 2.43 bits per heavy atom. The smallest absolute Gasteiger partial charge is 0.238 e. The summed E-state index contributed by atoms with van der Waals surface area (Å²) in [4.78, 5) is 14.2. The predicted molar refractivity (Wildman–Crippen MR) is 87.8 cm³/mol. The van der Waals surface area contributed by atoms with E-state index >= 15 is 0 Å². The van der Waals surface area contributed by atoms with E-state index in [-0.39, 0.29) is 11.4 Å². The summed E-state index contributed by atoms with van der Waals surface area (Å²) in [6, 6.07) is 7.14. The van der Waals surface area contributed by atoms with Crippen LogP contribution in [0.4, 0.5) is 5.69 Å². The second-order valence-electron chi connectivity index (χ2n) is 5.98. The lowest BCUT2D eigenvalue weighted by Gasteiger charge is -2.36. The number of benzene rings is 1. The Hall–Kier alpha value is -1.10. The number of carbonyl (C=O) groups excluding carboxylic acids is 1. The number of hydrogen-bond acceptors (Lipinski definition) is 3. The molecule has 1 fully saturated rings. The molecule has 4 nitrogen and oxygen atoms in total. The highest BCUT2D eigenvalue weighted by molar-refractivity contribution is 6.30. The number of hydrogen-bond donors (Lipinski definition) is 2. The molecule has 1 saturated carbocycles. The van der Waals surface area contributed by atoms with E-state index in [1.54, 1.807) is 24.3 Å². The molecule has 0 spiro atoms. The Balaban J connectivity index is 1.77. The van der Waals surface area contributed by atoms with E-state index in [1.807, 2.05) is 0 Å². The zero-order valence-electron chi connectivity index (χ0n) is 12.8. The Morgan fingerprint density at radius 2 is 1.86 bits per heavy atom. The molecule has 2 N–H and O–H groups in total. The summed E-state index contributed by atoms with van der Waals surface area (Å²) in [5, 5.41) is 6.83. The summed E-state index contributed by atoms with van der Waals surface area (Å²) in [5.74, 6) is -0.0239. The van der Waals surface area contributed by atoms with E-state index in [0.29, 0.717) is 11.6 Å². The zero-order chi connectivity index (χ0) is 15.3. The maximum atomic E-state index is 11.9. The van der Waals surface area contributed by atoms with E-state index in [1.165, 1.54) is 25.7 Å². The number of nitrogens with zero attached hydrogens (tertiary/aromatic N) is 1. The Labute approximate surface area is 131 Å². The minimum Gasteiger partial charge on any atom is -0.325 e. The SMILES string of the molecule is CN(C)C1(CNCC(=O)Nc2ccc(Cl)cc2)CCCC1.